The van der Waals surface area contributed by atoms with Crippen LogP contribution in [0.2, 0.25) is 0 Å². The van der Waals surface area contributed by atoms with Crippen molar-refractivity contribution in [3.8, 4) is 11.8 Å². The molecule has 1 saturated carbocycles. The lowest BCUT2D eigenvalue weighted by atomic mass is 9.84. The molecule has 1 aliphatic carbocycles. The zero-order chi connectivity index (χ0) is 10.7. The number of hydrogen-bond acceptors (Lipinski definition) is 3. The van der Waals surface area contributed by atoms with Gasteiger partial charge in [0.1, 0.15) is 6.17 Å². The van der Waals surface area contributed by atoms with Crippen LogP contribution in [0.3, 0.4) is 0 Å². The maximum Gasteiger partial charge on any atom is 0.166 e. The summed E-state index contributed by atoms with van der Waals surface area (Å²) >= 11 is 1.39. The number of alkyl halides is 1. The summed E-state index contributed by atoms with van der Waals surface area (Å²) in [5.74, 6) is 5.36. The van der Waals surface area contributed by atoms with Crippen molar-refractivity contribution >= 4 is 11.3 Å². The number of aliphatic hydroxyl groups is 1. The van der Waals surface area contributed by atoms with E-state index >= 15 is 0 Å². The van der Waals surface area contributed by atoms with Gasteiger partial charge in [0.05, 0.1) is 0 Å². The summed E-state index contributed by atoms with van der Waals surface area (Å²) in [5, 5.41) is 12.4. The molecule has 1 aliphatic rings. The first-order valence-corrected chi connectivity index (χ1v) is 5.88. The van der Waals surface area contributed by atoms with E-state index in [0.717, 1.165) is 12.8 Å². The highest BCUT2D eigenvalue weighted by Gasteiger charge is 2.37. The number of aromatic nitrogens is 1. The third-order valence-electron chi connectivity index (χ3n) is 2.60. The van der Waals surface area contributed by atoms with E-state index in [1.807, 2.05) is 5.38 Å². The molecule has 0 aliphatic heterocycles. The third-order valence-corrected chi connectivity index (χ3v) is 3.29. The molecule has 4 heteroatoms. The summed E-state index contributed by atoms with van der Waals surface area (Å²) in [6, 6.07) is 0. The highest BCUT2D eigenvalue weighted by atomic mass is 32.1. The summed E-state index contributed by atoms with van der Waals surface area (Å²) in [6.07, 6.45) is 2.92. The van der Waals surface area contributed by atoms with Crippen LogP contribution in [0, 0.1) is 11.8 Å². The van der Waals surface area contributed by atoms with E-state index in [1.165, 1.54) is 11.3 Å². The van der Waals surface area contributed by atoms with Crippen molar-refractivity contribution in [2.45, 2.75) is 37.5 Å². The fraction of sp³-hybridized carbons (Fsp3) is 0.545. The van der Waals surface area contributed by atoms with E-state index in [2.05, 4.69) is 16.8 Å². The normalized spacial score (nSPS) is 30.7. The van der Waals surface area contributed by atoms with Gasteiger partial charge in [-0.05, 0) is 25.2 Å². The van der Waals surface area contributed by atoms with Crippen LogP contribution in [-0.2, 0) is 0 Å². The summed E-state index contributed by atoms with van der Waals surface area (Å²) in [7, 11) is 0. The second-order valence-electron chi connectivity index (χ2n) is 3.72. The zero-order valence-corrected chi connectivity index (χ0v) is 9.06. The minimum absolute atomic E-state index is 0.406. The van der Waals surface area contributed by atoms with Crippen LogP contribution in [0.15, 0.2) is 11.6 Å². The van der Waals surface area contributed by atoms with Crippen LogP contribution in [0.25, 0.3) is 0 Å². The van der Waals surface area contributed by atoms with Gasteiger partial charge in [0, 0.05) is 11.6 Å². The van der Waals surface area contributed by atoms with Crippen molar-refractivity contribution in [2.75, 3.05) is 0 Å². The number of rotatable bonds is 0. The van der Waals surface area contributed by atoms with Gasteiger partial charge in [0.25, 0.3) is 0 Å². The summed E-state index contributed by atoms with van der Waals surface area (Å²) in [5.41, 5.74) is -1.45. The molecule has 1 heterocycles. The van der Waals surface area contributed by atoms with Gasteiger partial charge in [-0.1, -0.05) is 12.3 Å². The van der Waals surface area contributed by atoms with Gasteiger partial charge >= 0.3 is 0 Å². The lowest BCUT2D eigenvalue weighted by Crippen LogP contribution is -2.40. The smallest absolute Gasteiger partial charge is 0.166 e. The van der Waals surface area contributed by atoms with Gasteiger partial charge < -0.3 is 5.11 Å². The Morgan fingerprint density at radius 1 is 1.60 bits per heavy atom. The molecule has 1 fully saturated rings. The molecule has 2 unspecified atom stereocenters. The first kappa shape index (κ1) is 10.6. The number of thiazole rings is 1. The Bertz CT molecular complexity index is 381. The van der Waals surface area contributed by atoms with Gasteiger partial charge in [-0.3, -0.25) is 0 Å². The minimum Gasteiger partial charge on any atom is -0.375 e. The maximum atomic E-state index is 13.5. The molecule has 2 atom stereocenters. The molecule has 1 aromatic rings. The van der Waals surface area contributed by atoms with Crippen molar-refractivity contribution < 1.29 is 9.50 Å². The van der Waals surface area contributed by atoms with Crippen LogP contribution < -0.4 is 0 Å². The van der Waals surface area contributed by atoms with Gasteiger partial charge in [-0.15, -0.1) is 11.3 Å². The summed E-state index contributed by atoms with van der Waals surface area (Å²) < 4.78 is 13.5. The largest absolute Gasteiger partial charge is 0.375 e. The molecule has 80 valence electrons. The Balaban J connectivity index is 2.15. The molecule has 1 aromatic heterocycles. The molecule has 0 spiro atoms. The molecule has 0 radical (unpaired) electrons. The first-order valence-electron chi connectivity index (χ1n) is 5.00. The molecule has 0 bridgehead atoms. The Hall–Kier alpha value is -0.920. The maximum absolute atomic E-state index is 13.5. The van der Waals surface area contributed by atoms with E-state index in [1.54, 1.807) is 6.20 Å². The molecule has 2 rings (SSSR count). The minimum atomic E-state index is -1.45. The first-order chi connectivity index (χ1) is 7.21. The quantitative estimate of drug-likeness (QED) is 0.686. The van der Waals surface area contributed by atoms with Crippen molar-refractivity contribution in [2.24, 2.45) is 0 Å². The van der Waals surface area contributed by atoms with Crippen LogP contribution in [0.5, 0.6) is 0 Å². The lowest BCUT2D eigenvalue weighted by molar-refractivity contribution is -0.0147. The Morgan fingerprint density at radius 3 is 3.13 bits per heavy atom. The molecule has 2 nitrogen and oxygen atoms in total. The second kappa shape index (κ2) is 4.30. The lowest BCUT2D eigenvalue weighted by Gasteiger charge is -2.30. The molecule has 15 heavy (non-hydrogen) atoms. The summed E-state index contributed by atoms with van der Waals surface area (Å²) in [4.78, 5) is 3.97. The number of nitrogens with zero attached hydrogens (tertiary/aromatic N) is 1. The van der Waals surface area contributed by atoms with E-state index in [9.17, 15) is 9.50 Å². The second-order valence-corrected chi connectivity index (χ2v) is 4.62. The predicted octanol–water partition coefficient (Wildman–Crippen LogP) is 2.14. The zero-order valence-electron chi connectivity index (χ0n) is 8.24. The third kappa shape index (κ3) is 2.36. The van der Waals surface area contributed by atoms with E-state index in [0.29, 0.717) is 17.8 Å². The predicted molar refractivity (Wildman–Crippen MR) is 57.3 cm³/mol. The van der Waals surface area contributed by atoms with Crippen molar-refractivity contribution in [3.63, 3.8) is 0 Å². The molecule has 1 N–H and O–H groups in total. The van der Waals surface area contributed by atoms with E-state index in [4.69, 9.17) is 0 Å². The fourth-order valence-electron chi connectivity index (χ4n) is 1.70. The molecule has 0 aromatic carbocycles. The summed E-state index contributed by atoms with van der Waals surface area (Å²) in [6.45, 7) is 0. The average molecular weight is 225 g/mol. The fourth-order valence-corrected chi connectivity index (χ4v) is 2.18. The van der Waals surface area contributed by atoms with Gasteiger partial charge in [0.15, 0.2) is 10.6 Å². The van der Waals surface area contributed by atoms with Gasteiger partial charge in [0.2, 0.25) is 0 Å². The molecular weight excluding hydrogens is 213 g/mol. The standard InChI is InChI=1S/C11H12FNOS/c12-9-3-1-2-5-11(9,14)6-4-10-13-7-8-15-10/h7-9,14H,1-3,5H2. The Labute approximate surface area is 92.2 Å². The van der Waals surface area contributed by atoms with Crippen LogP contribution in [0.1, 0.15) is 30.7 Å². The highest BCUT2D eigenvalue weighted by molar-refractivity contribution is 7.10. The van der Waals surface area contributed by atoms with Crippen LogP contribution in [-0.4, -0.2) is 21.9 Å². The highest BCUT2D eigenvalue weighted by Crippen LogP contribution is 2.30. The van der Waals surface area contributed by atoms with Crippen LogP contribution in [0.4, 0.5) is 4.39 Å². The van der Waals surface area contributed by atoms with Crippen molar-refractivity contribution in [3.05, 3.63) is 16.6 Å². The van der Waals surface area contributed by atoms with E-state index < -0.39 is 11.8 Å². The number of hydrogen-bond donors (Lipinski definition) is 1. The van der Waals surface area contributed by atoms with E-state index in [-0.39, 0.29) is 0 Å². The topological polar surface area (TPSA) is 33.1 Å². The average Bonchev–Trinajstić information content (AvgIpc) is 2.73. The molecular formula is C11H12FNOS. The van der Waals surface area contributed by atoms with Gasteiger partial charge in [-0.2, -0.15) is 0 Å². The Morgan fingerprint density at radius 2 is 2.47 bits per heavy atom. The SMILES string of the molecule is OC1(C#Cc2nccs2)CCCCC1F. The van der Waals surface area contributed by atoms with Gasteiger partial charge in [-0.25, -0.2) is 9.37 Å². The van der Waals surface area contributed by atoms with Crippen molar-refractivity contribution in [1.82, 2.24) is 4.98 Å². The Kier molecular flexibility index (Phi) is 3.03. The molecule has 0 amide bonds. The molecule has 0 saturated heterocycles. The monoisotopic (exact) mass is 225 g/mol. The van der Waals surface area contributed by atoms with Crippen molar-refractivity contribution in [1.29, 1.82) is 0 Å². The van der Waals surface area contributed by atoms with Crippen LogP contribution >= 0.6 is 11.3 Å². The number of halogens is 1.